The highest BCUT2D eigenvalue weighted by atomic mass is 32.1. The third-order valence-electron chi connectivity index (χ3n) is 13.3. The van der Waals surface area contributed by atoms with Gasteiger partial charge in [0.1, 0.15) is 11.6 Å². The molecule has 2 saturated heterocycles. The zero-order chi connectivity index (χ0) is 47.1. The van der Waals surface area contributed by atoms with Crippen LogP contribution in [0.1, 0.15) is 74.8 Å². The zero-order valence-corrected chi connectivity index (χ0v) is 38.4. The Balaban J connectivity index is 0.744. The van der Waals surface area contributed by atoms with E-state index in [9.17, 15) is 29.1 Å². The number of carboxylic acid groups (broad SMARTS) is 1. The van der Waals surface area contributed by atoms with Crippen LogP contribution in [0, 0.1) is 12.8 Å². The van der Waals surface area contributed by atoms with Gasteiger partial charge in [0.25, 0.3) is 5.91 Å². The van der Waals surface area contributed by atoms with Crippen molar-refractivity contribution in [2.45, 2.75) is 51.5 Å². The number of piperidine rings is 1. The van der Waals surface area contributed by atoms with Crippen LogP contribution in [-0.4, -0.2) is 92.1 Å². The number of imide groups is 1. The summed E-state index contributed by atoms with van der Waals surface area (Å²) in [5, 5.41) is 24.8. The van der Waals surface area contributed by atoms with Crippen molar-refractivity contribution in [2.75, 3.05) is 48.3 Å². The largest absolute Gasteiger partial charge is 0.493 e. The topological polar surface area (TPSA) is 201 Å². The van der Waals surface area contributed by atoms with Crippen LogP contribution in [0.4, 0.5) is 16.6 Å². The monoisotopic (exact) mass is 931 g/mol. The van der Waals surface area contributed by atoms with E-state index >= 15 is 0 Å². The van der Waals surface area contributed by atoms with Crippen LogP contribution in [0.3, 0.4) is 0 Å². The van der Waals surface area contributed by atoms with Crippen molar-refractivity contribution in [3.8, 4) is 16.9 Å². The van der Waals surface area contributed by atoms with E-state index in [0.717, 1.165) is 63.7 Å². The number of hydrogen-bond donors (Lipinski definition) is 4. The Morgan fingerprint density at radius 3 is 2.60 bits per heavy atom. The van der Waals surface area contributed by atoms with Gasteiger partial charge in [-0.15, -0.1) is 0 Å². The van der Waals surface area contributed by atoms with Gasteiger partial charge in [0, 0.05) is 55.3 Å². The number of thiazole rings is 1. The van der Waals surface area contributed by atoms with Crippen molar-refractivity contribution < 1.29 is 33.8 Å². The number of nitrogens with zero attached hydrogens (tertiary/aromatic N) is 6. The van der Waals surface area contributed by atoms with Crippen molar-refractivity contribution in [2.24, 2.45) is 13.0 Å². The molecule has 3 aromatic heterocycles. The van der Waals surface area contributed by atoms with Crippen molar-refractivity contribution in [1.82, 2.24) is 30.0 Å². The predicted octanol–water partition coefficient (Wildman–Crippen LogP) is 7.32. The molecule has 16 nitrogen and oxygen atoms in total. The average Bonchev–Trinajstić information content (AvgIpc) is 4.05. The lowest BCUT2D eigenvalue weighted by atomic mass is 9.93. The molecule has 1 unspecified atom stereocenters. The van der Waals surface area contributed by atoms with Crippen LogP contribution in [0.5, 0.6) is 5.75 Å². The number of hydrogen-bond acceptors (Lipinski definition) is 12. The van der Waals surface area contributed by atoms with Gasteiger partial charge in [-0.25, -0.2) is 14.8 Å². The van der Waals surface area contributed by atoms with Crippen molar-refractivity contribution in [1.29, 1.82) is 0 Å². The normalized spacial score (nSPS) is 17.3. The Hall–Kier alpha value is -7.50. The van der Waals surface area contributed by atoms with Crippen molar-refractivity contribution in [3.05, 3.63) is 125 Å². The van der Waals surface area contributed by atoms with Gasteiger partial charge in [-0.1, -0.05) is 47.7 Å². The van der Waals surface area contributed by atoms with E-state index in [1.807, 2.05) is 96.8 Å². The smallest absolute Gasteiger partial charge is 0.355 e. The number of aryl methyl sites for hydroxylation is 1. The first-order valence-electron chi connectivity index (χ1n) is 22.8. The van der Waals surface area contributed by atoms with Gasteiger partial charge in [-0.05, 0) is 122 Å². The molecule has 4 N–H and O–H groups in total. The predicted molar refractivity (Wildman–Crippen MR) is 259 cm³/mol. The Kier molecular flexibility index (Phi) is 12.2. The second kappa shape index (κ2) is 18.6. The molecular weight excluding hydrogens is 883 g/mol. The van der Waals surface area contributed by atoms with Crippen LogP contribution in [0.15, 0.2) is 91.0 Å². The Morgan fingerprint density at radius 2 is 1.76 bits per heavy atom. The highest BCUT2D eigenvalue weighted by Crippen LogP contribution is 2.36. The standard InChI is InChI=1S/C51H49N9O7S/c1-29-33(34-15-17-43(54-47(34)50(65)66)60-23-20-31-7-5-9-35(38(31)27-60)48(63)56-51-53-39-10-3-4-12-42(39)68-51)8-6-11-41(29)67-24-21-30-19-22-59(26-30)28-45(62)52-32-13-14-36-40(25-32)58(2)57-46(36)37-16-18-44(61)55-49(37)64/h3-15,17,25,30,37H,16,18-24,26-28H2,1-2H3,(H,52,62)(H,65,66)(H,53,56,63)(H,55,61,64)/t30-,37?/m1/s1. The van der Waals surface area contributed by atoms with Crippen LogP contribution in [0.2, 0.25) is 0 Å². The Labute approximate surface area is 395 Å². The fourth-order valence-electron chi connectivity index (χ4n) is 9.75. The quantitative estimate of drug-likeness (QED) is 0.0842. The number of para-hydroxylation sites is 1. The first kappa shape index (κ1) is 44.3. The van der Waals surface area contributed by atoms with Gasteiger partial charge in [0.15, 0.2) is 10.8 Å². The van der Waals surface area contributed by atoms with E-state index in [1.165, 1.54) is 11.3 Å². The Morgan fingerprint density at radius 1 is 0.912 bits per heavy atom. The molecule has 2 atom stereocenters. The number of pyridine rings is 1. The number of carbonyl (C=O) groups is 5. The number of nitrogens with one attached hydrogen (secondary N) is 3. The maximum atomic E-state index is 13.6. The summed E-state index contributed by atoms with van der Waals surface area (Å²) in [6.45, 7) is 5.17. The highest BCUT2D eigenvalue weighted by Gasteiger charge is 2.32. The summed E-state index contributed by atoms with van der Waals surface area (Å²) < 4.78 is 9.01. The fraction of sp³-hybridized carbons (Fsp3) is 0.294. The number of likely N-dealkylation sites (tertiary alicyclic amines) is 1. The van der Waals surface area contributed by atoms with E-state index in [2.05, 4.69) is 30.9 Å². The van der Waals surface area contributed by atoms with Crippen LogP contribution in [-0.2, 0) is 34.4 Å². The van der Waals surface area contributed by atoms with Gasteiger partial charge < -0.3 is 20.1 Å². The molecule has 3 aliphatic heterocycles. The number of anilines is 3. The number of rotatable bonds is 13. The molecule has 0 aliphatic carbocycles. The summed E-state index contributed by atoms with van der Waals surface area (Å²) in [4.78, 5) is 77.3. The van der Waals surface area contributed by atoms with Gasteiger partial charge in [0.2, 0.25) is 17.7 Å². The van der Waals surface area contributed by atoms with Crippen molar-refractivity contribution in [3.63, 3.8) is 0 Å². The second-order valence-corrected chi connectivity index (χ2v) is 18.7. The zero-order valence-electron chi connectivity index (χ0n) is 37.6. The molecule has 0 bridgehead atoms. The molecular formula is C51H49N9O7S. The maximum absolute atomic E-state index is 13.6. The lowest BCUT2D eigenvalue weighted by Gasteiger charge is -2.31. The first-order valence-corrected chi connectivity index (χ1v) is 23.6. The molecule has 3 aliphatic rings. The molecule has 0 spiro atoms. The minimum absolute atomic E-state index is 0.0676. The number of carbonyl (C=O) groups excluding carboxylic acids is 4. The fourth-order valence-corrected chi connectivity index (χ4v) is 10.6. The summed E-state index contributed by atoms with van der Waals surface area (Å²) in [6.07, 6.45) is 3.06. The molecule has 4 aromatic carbocycles. The van der Waals surface area contributed by atoms with Gasteiger partial charge >= 0.3 is 5.97 Å². The molecule has 2 fully saturated rings. The van der Waals surface area contributed by atoms with Crippen molar-refractivity contribution >= 4 is 78.7 Å². The van der Waals surface area contributed by atoms with Crippen LogP contribution in [0.25, 0.3) is 32.2 Å². The number of benzene rings is 4. The molecule has 68 heavy (non-hydrogen) atoms. The third-order valence-corrected chi connectivity index (χ3v) is 14.2. The van der Waals surface area contributed by atoms with Crippen LogP contribution >= 0.6 is 11.3 Å². The van der Waals surface area contributed by atoms with Gasteiger partial charge in [-0.3, -0.25) is 39.4 Å². The van der Waals surface area contributed by atoms with E-state index in [0.29, 0.717) is 83.2 Å². The summed E-state index contributed by atoms with van der Waals surface area (Å²) >= 11 is 1.42. The SMILES string of the molecule is Cc1c(OCC[C@H]2CCN(CC(=O)Nc3ccc4c(C5CCC(=O)NC5=O)nn(C)c4c3)C2)cccc1-c1ccc(N2CCc3cccc(C(=O)Nc4nc5ccccc5s4)c3C2)nc1C(=O)O. The highest BCUT2D eigenvalue weighted by molar-refractivity contribution is 7.22. The average molecular weight is 932 g/mol. The molecule has 4 amide bonds. The molecule has 0 saturated carbocycles. The second-order valence-electron chi connectivity index (χ2n) is 17.7. The molecule has 6 heterocycles. The number of carboxylic acids is 1. The minimum Gasteiger partial charge on any atom is -0.493 e. The van der Waals surface area contributed by atoms with E-state index < -0.39 is 11.9 Å². The number of aromatic carboxylic acids is 1. The maximum Gasteiger partial charge on any atom is 0.355 e. The lowest BCUT2D eigenvalue weighted by molar-refractivity contribution is -0.134. The number of aromatic nitrogens is 4. The summed E-state index contributed by atoms with van der Waals surface area (Å²) in [7, 11) is 1.80. The third kappa shape index (κ3) is 9.01. The van der Waals surface area contributed by atoms with E-state index in [1.54, 1.807) is 17.8 Å². The summed E-state index contributed by atoms with van der Waals surface area (Å²) in [6, 6.07) is 28.3. The first-order chi connectivity index (χ1) is 32.9. The molecule has 10 rings (SSSR count). The number of fused-ring (bicyclic) bond motifs is 3. The summed E-state index contributed by atoms with van der Waals surface area (Å²) in [5.74, 6) is -1.11. The molecule has 7 aromatic rings. The number of amides is 4. The minimum atomic E-state index is -1.14. The molecule has 346 valence electrons. The van der Waals surface area contributed by atoms with E-state index in [-0.39, 0.29) is 42.3 Å². The van der Waals surface area contributed by atoms with Gasteiger partial charge in [-0.2, -0.15) is 5.10 Å². The van der Waals surface area contributed by atoms with E-state index in [4.69, 9.17) is 9.72 Å². The Bertz CT molecular complexity index is 3130. The summed E-state index contributed by atoms with van der Waals surface area (Å²) in [5.41, 5.74) is 7.29. The molecule has 17 heteroatoms. The number of ether oxygens (including phenoxy) is 1. The van der Waals surface area contributed by atoms with Gasteiger partial charge in [0.05, 0.1) is 40.5 Å². The lowest BCUT2D eigenvalue weighted by Crippen LogP contribution is -2.39. The van der Waals surface area contributed by atoms with Crippen LogP contribution < -0.4 is 25.6 Å². The molecule has 0 radical (unpaired) electrons.